The van der Waals surface area contributed by atoms with Crippen molar-refractivity contribution in [2.75, 3.05) is 51.2 Å². The number of nitrogens with zero attached hydrogens (tertiary/aromatic N) is 7. The van der Waals surface area contributed by atoms with Gasteiger partial charge in [-0.15, -0.1) is 10.2 Å². The highest BCUT2D eigenvalue weighted by Crippen LogP contribution is 2.44. The number of halogens is 1. The Hall–Kier alpha value is -2.89. The van der Waals surface area contributed by atoms with Gasteiger partial charge in [-0.1, -0.05) is 20.8 Å². The van der Waals surface area contributed by atoms with Gasteiger partial charge >= 0.3 is 0 Å². The number of hydrogen-bond acceptors (Lipinski definition) is 9. The summed E-state index contributed by atoms with van der Waals surface area (Å²) < 4.78 is 20.6. The Bertz CT molecular complexity index is 1230. The summed E-state index contributed by atoms with van der Waals surface area (Å²) in [6.45, 7) is 19.4. The van der Waals surface area contributed by atoms with E-state index in [0.29, 0.717) is 24.3 Å². The van der Waals surface area contributed by atoms with Gasteiger partial charge in [-0.2, -0.15) is 0 Å². The monoisotopic (exact) mass is 599 g/mol. The number of rotatable bonds is 13. The largest absolute Gasteiger partial charge is 0.434 e. The number of aliphatic hydroxyl groups excluding tert-OH is 1. The Balaban J connectivity index is 1.48. The molecule has 1 unspecified atom stereocenters. The van der Waals surface area contributed by atoms with Gasteiger partial charge in [0.05, 0.1) is 11.7 Å². The maximum absolute atomic E-state index is 14.4. The molecule has 4 rings (SSSR count). The number of aliphatic hydroxyl groups is 1. The molecule has 238 valence electrons. The molecule has 1 amide bonds. The van der Waals surface area contributed by atoms with Crippen LogP contribution in [0.25, 0.3) is 0 Å². The van der Waals surface area contributed by atoms with Crippen molar-refractivity contribution in [2.45, 2.75) is 85.5 Å². The molecule has 1 spiro atoms. The number of carbonyl (C=O) groups excluding carboxylic acids is 1. The minimum Gasteiger partial charge on any atom is -0.434 e. The van der Waals surface area contributed by atoms with Gasteiger partial charge in [0.25, 0.3) is 11.8 Å². The first-order chi connectivity index (χ1) is 20.3. The molecular weight excluding hydrogens is 549 g/mol. The van der Waals surface area contributed by atoms with Crippen LogP contribution in [0.3, 0.4) is 0 Å². The summed E-state index contributed by atoms with van der Waals surface area (Å²) in [5.41, 5.74) is 0.269. The van der Waals surface area contributed by atoms with Gasteiger partial charge in [-0.05, 0) is 78.2 Å². The maximum Gasteiger partial charge on any atom is 0.282 e. The standard InChI is InChI=1S/C32H50FN7O3/c1-9-37(8)16-25(41)15-27(21(2)3)39-18-32(19-39)12-13-38(17-32)29-30(36-35-20-34-29)43-28-11-10-24(33)14-26(28)31(42)40(22(4)5)23(6)7/h10-11,14,20-23,25,27,41H,9,12-13,15-19H2,1-8H3/t25-,27?/m0/s1. The van der Waals surface area contributed by atoms with Crippen molar-refractivity contribution >= 4 is 11.7 Å². The fourth-order valence-electron chi connectivity index (χ4n) is 6.72. The van der Waals surface area contributed by atoms with Gasteiger partial charge < -0.3 is 24.5 Å². The number of benzene rings is 1. The van der Waals surface area contributed by atoms with E-state index in [1.54, 1.807) is 4.90 Å². The van der Waals surface area contributed by atoms with Crippen LogP contribution < -0.4 is 9.64 Å². The van der Waals surface area contributed by atoms with Crippen molar-refractivity contribution in [3.63, 3.8) is 0 Å². The smallest absolute Gasteiger partial charge is 0.282 e. The van der Waals surface area contributed by atoms with Crippen LogP contribution in [0.1, 0.15) is 71.7 Å². The molecule has 1 aromatic heterocycles. The lowest BCUT2D eigenvalue weighted by Gasteiger charge is -2.53. The zero-order chi connectivity index (χ0) is 31.5. The van der Waals surface area contributed by atoms with Crippen LogP contribution in [0.4, 0.5) is 10.2 Å². The molecule has 1 N–H and O–H groups in total. The number of anilines is 1. The third kappa shape index (κ3) is 7.61. The van der Waals surface area contributed by atoms with Crippen LogP contribution in [0.5, 0.6) is 11.6 Å². The summed E-state index contributed by atoms with van der Waals surface area (Å²) in [5, 5.41) is 18.9. The van der Waals surface area contributed by atoms with Gasteiger partial charge in [0.2, 0.25) is 0 Å². The normalized spacial score (nSPS) is 18.1. The number of ether oxygens (including phenoxy) is 1. The van der Waals surface area contributed by atoms with Gasteiger partial charge in [-0.25, -0.2) is 9.37 Å². The Morgan fingerprint density at radius 2 is 1.84 bits per heavy atom. The van der Waals surface area contributed by atoms with E-state index in [2.05, 4.69) is 50.7 Å². The predicted octanol–water partition coefficient (Wildman–Crippen LogP) is 4.30. The second-order valence-electron chi connectivity index (χ2n) is 13.4. The number of likely N-dealkylation sites (N-methyl/N-ethyl adjacent to an activating group) is 1. The van der Waals surface area contributed by atoms with E-state index in [1.165, 1.54) is 24.5 Å². The first kappa shape index (κ1) is 33.0. The molecular formula is C32H50FN7O3. The summed E-state index contributed by atoms with van der Waals surface area (Å²) in [6, 6.07) is 4.14. The second-order valence-corrected chi connectivity index (χ2v) is 13.4. The highest BCUT2D eigenvalue weighted by atomic mass is 19.1. The SMILES string of the molecule is CCN(C)C[C@@H](O)CC(C(C)C)N1CC2(CCN(c3ncnnc3Oc3ccc(F)cc3C(=O)N(C(C)C)C(C)C)C2)C1. The molecule has 2 saturated heterocycles. The molecule has 3 heterocycles. The Kier molecular flexibility index (Phi) is 10.6. The molecule has 0 saturated carbocycles. The van der Waals surface area contributed by atoms with E-state index in [-0.39, 0.29) is 46.7 Å². The third-order valence-electron chi connectivity index (χ3n) is 8.93. The van der Waals surface area contributed by atoms with Gasteiger partial charge in [0.1, 0.15) is 17.9 Å². The zero-order valence-electron chi connectivity index (χ0n) is 27.1. The second kappa shape index (κ2) is 13.8. The van der Waals surface area contributed by atoms with E-state index in [9.17, 15) is 14.3 Å². The van der Waals surface area contributed by atoms with Crippen LogP contribution in [-0.4, -0.2) is 111 Å². The van der Waals surface area contributed by atoms with E-state index >= 15 is 0 Å². The minimum absolute atomic E-state index is 0.0727. The molecule has 0 bridgehead atoms. The van der Waals surface area contributed by atoms with E-state index in [4.69, 9.17) is 4.74 Å². The van der Waals surface area contributed by atoms with Crippen molar-refractivity contribution in [1.29, 1.82) is 0 Å². The third-order valence-corrected chi connectivity index (χ3v) is 8.93. The lowest BCUT2D eigenvalue weighted by molar-refractivity contribution is -0.0480. The van der Waals surface area contributed by atoms with Crippen LogP contribution >= 0.6 is 0 Å². The summed E-state index contributed by atoms with van der Waals surface area (Å²) in [7, 11) is 2.04. The minimum atomic E-state index is -0.513. The van der Waals surface area contributed by atoms with Crippen molar-refractivity contribution in [1.82, 2.24) is 29.9 Å². The van der Waals surface area contributed by atoms with Crippen molar-refractivity contribution < 1.29 is 19.0 Å². The highest BCUT2D eigenvalue weighted by molar-refractivity contribution is 5.97. The topological polar surface area (TPSA) is 98.2 Å². The summed E-state index contributed by atoms with van der Waals surface area (Å²) in [6.07, 6.45) is 2.83. The number of aromatic nitrogens is 3. The highest BCUT2D eigenvalue weighted by Gasteiger charge is 2.50. The summed E-state index contributed by atoms with van der Waals surface area (Å²) >= 11 is 0. The molecule has 0 aliphatic carbocycles. The van der Waals surface area contributed by atoms with E-state index in [1.807, 2.05) is 34.7 Å². The van der Waals surface area contributed by atoms with Crippen molar-refractivity contribution in [3.8, 4) is 11.6 Å². The number of amides is 1. The van der Waals surface area contributed by atoms with Crippen LogP contribution in [-0.2, 0) is 0 Å². The molecule has 43 heavy (non-hydrogen) atoms. The Morgan fingerprint density at radius 3 is 2.47 bits per heavy atom. The molecule has 0 radical (unpaired) electrons. The van der Waals surface area contributed by atoms with Crippen molar-refractivity contribution in [3.05, 3.63) is 35.9 Å². The Labute approximate surface area is 256 Å². The maximum atomic E-state index is 14.4. The summed E-state index contributed by atoms with van der Waals surface area (Å²) in [5.74, 6) is 0.603. The molecule has 2 aromatic rings. The lowest BCUT2D eigenvalue weighted by Crippen LogP contribution is -2.62. The fraction of sp³-hybridized carbons (Fsp3) is 0.688. The van der Waals surface area contributed by atoms with Crippen LogP contribution in [0.15, 0.2) is 24.5 Å². The lowest BCUT2D eigenvalue weighted by atomic mass is 9.76. The number of carbonyl (C=O) groups is 1. The molecule has 2 aliphatic heterocycles. The van der Waals surface area contributed by atoms with E-state index in [0.717, 1.165) is 45.6 Å². The van der Waals surface area contributed by atoms with E-state index < -0.39 is 5.82 Å². The average molecular weight is 600 g/mol. The number of likely N-dealkylation sites (tertiary alicyclic amines) is 1. The van der Waals surface area contributed by atoms with Crippen LogP contribution in [0.2, 0.25) is 0 Å². The zero-order valence-corrected chi connectivity index (χ0v) is 27.1. The summed E-state index contributed by atoms with van der Waals surface area (Å²) in [4.78, 5) is 26.6. The Morgan fingerprint density at radius 1 is 1.14 bits per heavy atom. The first-order valence-corrected chi connectivity index (χ1v) is 15.7. The van der Waals surface area contributed by atoms with Crippen molar-refractivity contribution in [2.24, 2.45) is 11.3 Å². The molecule has 2 atom stereocenters. The molecule has 2 aliphatic rings. The van der Waals surface area contributed by atoms with Gasteiger partial charge in [0.15, 0.2) is 5.82 Å². The molecule has 1 aromatic carbocycles. The van der Waals surface area contributed by atoms with Gasteiger partial charge in [0, 0.05) is 56.3 Å². The quantitative estimate of drug-likeness (QED) is 0.361. The molecule has 11 heteroatoms. The molecule has 2 fully saturated rings. The van der Waals surface area contributed by atoms with Gasteiger partial charge in [-0.3, -0.25) is 9.69 Å². The number of hydrogen-bond donors (Lipinski definition) is 1. The van der Waals surface area contributed by atoms with Crippen LogP contribution in [0, 0.1) is 17.2 Å². The molecule has 10 nitrogen and oxygen atoms in total. The first-order valence-electron chi connectivity index (χ1n) is 15.7. The predicted molar refractivity (Wildman–Crippen MR) is 166 cm³/mol. The fourth-order valence-corrected chi connectivity index (χ4v) is 6.72. The average Bonchev–Trinajstić information content (AvgIpc) is 3.37.